The average molecular weight is 229 g/mol. The van der Waals surface area contributed by atoms with Crippen LogP contribution in [-0.2, 0) is 10.1 Å². The van der Waals surface area contributed by atoms with Gasteiger partial charge in [0.2, 0.25) is 0 Å². The maximum absolute atomic E-state index is 10.1. The van der Waals surface area contributed by atoms with E-state index in [0.29, 0.717) is 11.8 Å². The predicted octanol–water partition coefficient (Wildman–Crippen LogP) is 1.22. The van der Waals surface area contributed by atoms with E-state index in [2.05, 4.69) is 15.9 Å². The van der Waals surface area contributed by atoms with Gasteiger partial charge >= 0.3 is 0 Å². The molecular formula is C5H9BrO3S. The van der Waals surface area contributed by atoms with Gasteiger partial charge in [0.15, 0.2) is 0 Å². The largest absolute Gasteiger partial charge is 0.286 e. The van der Waals surface area contributed by atoms with Gasteiger partial charge in [-0.25, -0.2) is 0 Å². The highest BCUT2D eigenvalue weighted by molar-refractivity contribution is 9.09. The Morgan fingerprint density at radius 1 is 1.40 bits per heavy atom. The van der Waals surface area contributed by atoms with Crippen molar-refractivity contribution >= 4 is 26.0 Å². The third kappa shape index (κ3) is 8.13. The molecule has 0 atom stereocenters. The summed E-state index contributed by atoms with van der Waals surface area (Å²) in [6.07, 6.45) is 3.85. The standard InChI is InChI=1S/C5H9BrO3S/c6-4-2-1-3-5-10(7,8)9/h1-2H,3-5H2,(H,7,8,9)/b2-1+. The highest BCUT2D eigenvalue weighted by atomic mass is 79.9. The number of rotatable bonds is 4. The van der Waals surface area contributed by atoms with E-state index in [1.807, 2.05) is 0 Å². The van der Waals surface area contributed by atoms with Crippen molar-refractivity contribution < 1.29 is 13.0 Å². The lowest BCUT2D eigenvalue weighted by atomic mass is 10.4. The molecule has 0 fully saturated rings. The predicted molar refractivity (Wildman–Crippen MR) is 44.0 cm³/mol. The molecule has 0 aromatic rings. The lowest BCUT2D eigenvalue weighted by Crippen LogP contribution is -2.01. The fourth-order valence-corrected chi connectivity index (χ4v) is 1.10. The first kappa shape index (κ1) is 10.1. The summed E-state index contributed by atoms with van der Waals surface area (Å²) in [7, 11) is -3.77. The van der Waals surface area contributed by atoms with Crippen LogP contribution in [0.4, 0.5) is 0 Å². The van der Waals surface area contributed by atoms with Crippen LogP contribution in [0.5, 0.6) is 0 Å². The highest BCUT2D eigenvalue weighted by Crippen LogP contribution is 1.91. The van der Waals surface area contributed by atoms with Gasteiger partial charge in [-0.05, 0) is 6.42 Å². The van der Waals surface area contributed by atoms with Crippen LogP contribution < -0.4 is 0 Å². The minimum atomic E-state index is -3.77. The van der Waals surface area contributed by atoms with E-state index in [0.717, 1.165) is 0 Å². The third-order valence-corrected chi connectivity index (χ3v) is 1.92. The van der Waals surface area contributed by atoms with Crippen molar-refractivity contribution in [3.8, 4) is 0 Å². The van der Waals surface area contributed by atoms with Crippen LogP contribution in [0, 0.1) is 0 Å². The summed E-state index contributed by atoms with van der Waals surface area (Å²) in [5.41, 5.74) is 0. The molecular weight excluding hydrogens is 220 g/mol. The molecule has 5 heteroatoms. The average Bonchev–Trinajstić information content (AvgIpc) is 1.78. The molecule has 0 aliphatic carbocycles. The summed E-state index contributed by atoms with van der Waals surface area (Å²) in [6.45, 7) is 0. The monoisotopic (exact) mass is 228 g/mol. The van der Waals surface area contributed by atoms with E-state index >= 15 is 0 Å². The molecule has 3 nitrogen and oxygen atoms in total. The highest BCUT2D eigenvalue weighted by Gasteiger charge is 1.99. The van der Waals surface area contributed by atoms with Gasteiger partial charge in [-0.1, -0.05) is 28.1 Å². The first-order chi connectivity index (χ1) is 4.56. The lowest BCUT2D eigenvalue weighted by molar-refractivity contribution is 0.483. The Kier molecular flexibility index (Phi) is 4.93. The molecule has 10 heavy (non-hydrogen) atoms. The molecule has 0 aromatic heterocycles. The first-order valence-corrected chi connectivity index (χ1v) is 5.45. The number of halogens is 1. The second-order valence-electron chi connectivity index (χ2n) is 1.70. The zero-order chi connectivity index (χ0) is 8.04. The SMILES string of the molecule is O=S(=O)(O)CC/C=C/CBr. The van der Waals surface area contributed by atoms with Gasteiger partial charge in [-0.3, -0.25) is 4.55 Å². The van der Waals surface area contributed by atoms with Gasteiger partial charge in [0.25, 0.3) is 10.1 Å². The molecule has 0 amide bonds. The Bertz CT molecular complexity index is 195. The van der Waals surface area contributed by atoms with Gasteiger partial charge in [-0.15, -0.1) is 0 Å². The molecule has 0 bridgehead atoms. The Balaban J connectivity index is 3.48. The fraction of sp³-hybridized carbons (Fsp3) is 0.600. The van der Waals surface area contributed by atoms with Crippen LogP contribution in [-0.4, -0.2) is 24.1 Å². The van der Waals surface area contributed by atoms with Crippen LogP contribution in [0.2, 0.25) is 0 Å². The molecule has 0 saturated heterocycles. The van der Waals surface area contributed by atoms with Gasteiger partial charge in [0.05, 0.1) is 5.75 Å². The smallest absolute Gasteiger partial charge is 0.265 e. The third-order valence-electron chi connectivity index (χ3n) is 0.798. The molecule has 1 N–H and O–H groups in total. The topological polar surface area (TPSA) is 54.4 Å². The van der Waals surface area contributed by atoms with Crippen molar-refractivity contribution in [2.75, 3.05) is 11.1 Å². The van der Waals surface area contributed by atoms with Crippen molar-refractivity contribution in [2.24, 2.45) is 0 Å². The maximum Gasteiger partial charge on any atom is 0.265 e. The second kappa shape index (κ2) is 4.87. The fourth-order valence-electron chi connectivity index (χ4n) is 0.398. The van der Waals surface area contributed by atoms with Gasteiger partial charge in [0.1, 0.15) is 0 Å². The zero-order valence-electron chi connectivity index (χ0n) is 5.33. The number of hydrogen-bond acceptors (Lipinski definition) is 2. The second-order valence-corrected chi connectivity index (χ2v) is 3.92. The Hall–Kier alpha value is 0.130. The van der Waals surface area contributed by atoms with Crippen molar-refractivity contribution in [1.29, 1.82) is 0 Å². The Labute approximate surface area is 69.0 Å². The van der Waals surface area contributed by atoms with E-state index < -0.39 is 10.1 Å². The quantitative estimate of drug-likeness (QED) is 0.448. The molecule has 0 unspecified atom stereocenters. The molecule has 60 valence electrons. The molecule has 0 saturated carbocycles. The van der Waals surface area contributed by atoms with Crippen molar-refractivity contribution in [2.45, 2.75) is 6.42 Å². The normalized spacial score (nSPS) is 12.6. The van der Waals surface area contributed by atoms with Crippen molar-refractivity contribution in [3.63, 3.8) is 0 Å². The summed E-state index contributed by atoms with van der Waals surface area (Å²) >= 11 is 3.13. The summed E-state index contributed by atoms with van der Waals surface area (Å²) in [4.78, 5) is 0. The van der Waals surface area contributed by atoms with Gasteiger partial charge < -0.3 is 0 Å². The lowest BCUT2D eigenvalue weighted by Gasteiger charge is -1.89. The Morgan fingerprint density at radius 3 is 2.40 bits per heavy atom. The van der Waals surface area contributed by atoms with E-state index in [-0.39, 0.29) is 5.75 Å². The summed E-state index contributed by atoms with van der Waals surface area (Å²) in [5.74, 6) is -0.198. The van der Waals surface area contributed by atoms with Crippen LogP contribution in [0.1, 0.15) is 6.42 Å². The number of alkyl halides is 1. The van der Waals surface area contributed by atoms with Gasteiger partial charge in [-0.2, -0.15) is 8.42 Å². The molecule has 0 spiro atoms. The first-order valence-electron chi connectivity index (χ1n) is 2.72. The number of allylic oxidation sites excluding steroid dienone is 2. The minimum Gasteiger partial charge on any atom is -0.286 e. The van der Waals surface area contributed by atoms with Gasteiger partial charge in [0, 0.05) is 5.33 Å². The molecule has 0 aliphatic heterocycles. The van der Waals surface area contributed by atoms with E-state index in [1.54, 1.807) is 12.2 Å². The summed E-state index contributed by atoms with van der Waals surface area (Å²) in [6, 6.07) is 0. The molecule has 0 aromatic carbocycles. The van der Waals surface area contributed by atoms with Crippen LogP contribution >= 0.6 is 15.9 Å². The van der Waals surface area contributed by atoms with Crippen LogP contribution in [0.15, 0.2) is 12.2 Å². The van der Waals surface area contributed by atoms with Crippen LogP contribution in [0.25, 0.3) is 0 Å². The van der Waals surface area contributed by atoms with E-state index in [9.17, 15) is 8.42 Å². The zero-order valence-corrected chi connectivity index (χ0v) is 7.73. The maximum atomic E-state index is 10.1. The number of hydrogen-bond donors (Lipinski definition) is 1. The molecule has 0 radical (unpaired) electrons. The summed E-state index contributed by atoms with van der Waals surface area (Å²) in [5, 5.41) is 0.707. The van der Waals surface area contributed by atoms with E-state index in [4.69, 9.17) is 4.55 Å². The van der Waals surface area contributed by atoms with E-state index in [1.165, 1.54) is 0 Å². The Morgan fingerprint density at radius 2 is 2.00 bits per heavy atom. The molecule has 0 heterocycles. The van der Waals surface area contributed by atoms with Crippen molar-refractivity contribution in [1.82, 2.24) is 0 Å². The van der Waals surface area contributed by atoms with Crippen molar-refractivity contribution in [3.05, 3.63) is 12.2 Å². The summed E-state index contributed by atoms with van der Waals surface area (Å²) < 4.78 is 28.5. The minimum absolute atomic E-state index is 0.198. The van der Waals surface area contributed by atoms with Crippen LogP contribution in [0.3, 0.4) is 0 Å². The molecule has 0 aliphatic rings. The molecule has 0 rings (SSSR count).